The number of hydrogen-bond acceptors (Lipinski definition) is 4. The van der Waals surface area contributed by atoms with Crippen LogP contribution in [0.4, 0.5) is 5.69 Å². The molecule has 3 rings (SSSR count). The molecule has 126 valence electrons. The predicted octanol–water partition coefficient (Wildman–Crippen LogP) is 3.61. The smallest absolute Gasteiger partial charge is 0.399 e. The summed E-state index contributed by atoms with van der Waals surface area (Å²) in [6.45, 7) is 10.1. The first-order valence-corrected chi connectivity index (χ1v) is 8.94. The standard InChI is InChI=1S/C18H22BNO3S/c1-12-6-7-14(20-16(21)13-8-9-24-11-13)10-15(12)19-22-17(2,3)18(4,5)23-19/h6-11H,1-5H3,(H,20,21). The lowest BCUT2D eigenvalue weighted by Gasteiger charge is -2.32. The molecule has 4 nitrogen and oxygen atoms in total. The van der Waals surface area contributed by atoms with Crippen molar-refractivity contribution in [2.45, 2.75) is 45.8 Å². The number of anilines is 1. The fraction of sp³-hybridized carbons (Fsp3) is 0.389. The Hall–Kier alpha value is -1.63. The van der Waals surface area contributed by atoms with Crippen LogP contribution in [0.2, 0.25) is 0 Å². The molecule has 1 N–H and O–H groups in total. The zero-order valence-corrected chi connectivity index (χ0v) is 15.5. The third-order valence-corrected chi connectivity index (χ3v) is 5.51. The van der Waals surface area contributed by atoms with E-state index in [1.54, 1.807) is 0 Å². The lowest BCUT2D eigenvalue weighted by molar-refractivity contribution is 0.00578. The number of amides is 1. The summed E-state index contributed by atoms with van der Waals surface area (Å²) in [4.78, 5) is 12.2. The van der Waals surface area contributed by atoms with E-state index in [-0.39, 0.29) is 17.1 Å². The summed E-state index contributed by atoms with van der Waals surface area (Å²) in [5, 5.41) is 6.65. The van der Waals surface area contributed by atoms with Gasteiger partial charge in [0.15, 0.2) is 0 Å². The topological polar surface area (TPSA) is 47.6 Å². The lowest BCUT2D eigenvalue weighted by atomic mass is 9.76. The normalized spacial score (nSPS) is 18.6. The number of nitrogens with one attached hydrogen (secondary N) is 1. The van der Waals surface area contributed by atoms with Crippen LogP contribution in [0.5, 0.6) is 0 Å². The zero-order valence-electron chi connectivity index (χ0n) is 14.7. The van der Waals surface area contributed by atoms with Gasteiger partial charge in [-0.2, -0.15) is 11.3 Å². The van der Waals surface area contributed by atoms with E-state index >= 15 is 0 Å². The van der Waals surface area contributed by atoms with Crippen molar-refractivity contribution in [1.29, 1.82) is 0 Å². The molecular weight excluding hydrogens is 321 g/mol. The van der Waals surface area contributed by atoms with Crippen LogP contribution in [0.25, 0.3) is 0 Å². The highest BCUT2D eigenvalue weighted by molar-refractivity contribution is 7.08. The Morgan fingerprint density at radius 3 is 2.38 bits per heavy atom. The third kappa shape index (κ3) is 3.14. The summed E-state index contributed by atoms with van der Waals surface area (Å²) in [6.07, 6.45) is 0. The summed E-state index contributed by atoms with van der Waals surface area (Å²) in [7, 11) is -0.437. The minimum absolute atomic E-state index is 0.111. The van der Waals surface area contributed by atoms with Gasteiger partial charge in [0.2, 0.25) is 0 Å². The number of carbonyl (C=O) groups excluding carboxylic acids is 1. The van der Waals surface area contributed by atoms with E-state index < -0.39 is 7.12 Å². The molecule has 0 atom stereocenters. The van der Waals surface area contributed by atoms with Crippen molar-refractivity contribution < 1.29 is 14.1 Å². The molecule has 0 spiro atoms. The van der Waals surface area contributed by atoms with Gasteiger partial charge in [-0.3, -0.25) is 4.79 Å². The molecule has 6 heteroatoms. The van der Waals surface area contributed by atoms with Crippen LogP contribution in [-0.4, -0.2) is 24.2 Å². The molecule has 2 heterocycles. The van der Waals surface area contributed by atoms with Gasteiger partial charge in [-0.15, -0.1) is 0 Å². The van der Waals surface area contributed by atoms with E-state index in [4.69, 9.17) is 9.31 Å². The second-order valence-electron chi connectivity index (χ2n) is 7.13. The Morgan fingerprint density at radius 1 is 1.12 bits per heavy atom. The fourth-order valence-corrected chi connectivity index (χ4v) is 3.18. The van der Waals surface area contributed by atoms with Gasteiger partial charge in [-0.1, -0.05) is 11.6 Å². The number of carbonyl (C=O) groups is 1. The van der Waals surface area contributed by atoms with Crippen LogP contribution in [0.3, 0.4) is 0 Å². The Morgan fingerprint density at radius 2 is 1.79 bits per heavy atom. The van der Waals surface area contributed by atoms with Gasteiger partial charge >= 0.3 is 7.12 Å². The van der Waals surface area contributed by atoms with Crippen LogP contribution < -0.4 is 10.8 Å². The molecule has 0 unspecified atom stereocenters. The maximum Gasteiger partial charge on any atom is 0.495 e. The average molecular weight is 343 g/mol. The van der Waals surface area contributed by atoms with Crippen LogP contribution in [0, 0.1) is 6.92 Å². The number of thiophene rings is 1. The van der Waals surface area contributed by atoms with Gasteiger partial charge < -0.3 is 14.6 Å². The summed E-state index contributed by atoms with van der Waals surface area (Å²) in [6, 6.07) is 7.61. The highest BCUT2D eigenvalue weighted by Crippen LogP contribution is 2.36. The molecule has 1 fully saturated rings. The molecule has 24 heavy (non-hydrogen) atoms. The second kappa shape index (κ2) is 6.03. The summed E-state index contributed by atoms with van der Waals surface area (Å²) >= 11 is 1.50. The average Bonchev–Trinajstić information content (AvgIpc) is 3.08. The first-order valence-electron chi connectivity index (χ1n) is 7.99. The summed E-state index contributed by atoms with van der Waals surface area (Å²) < 4.78 is 12.3. The molecule has 0 bridgehead atoms. The maximum atomic E-state index is 12.2. The van der Waals surface area contributed by atoms with E-state index in [1.807, 2.05) is 69.6 Å². The van der Waals surface area contributed by atoms with E-state index in [0.717, 1.165) is 16.7 Å². The highest BCUT2D eigenvalue weighted by atomic mass is 32.1. The van der Waals surface area contributed by atoms with Gasteiger partial charge in [0, 0.05) is 11.1 Å². The van der Waals surface area contributed by atoms with Crippen molar-refractivity contribution in [3.63, 3.8) is 0 Å². The summed E-state index contributed by atoms with van der Waals surface area (Å²) in [5.41, 5.74) is 2.64. The molecule has 0 saturated carbocycles. The van der Waals surface area contributed by atoms with Gasteiger partial charge in [0.1, 0.15) is 0 Å². The van der Waals surface area contributed by atoms with Gasteiger partial charge in [0.25, 0.3) is 5.91 Å². The Labute approximate surface area is 147 Å². The molecule has 2 aromatic rings. The number of hydrogen-bond donors (Lipinski definition) is 1. The Kier molecular flexibility index (Phi) is 4.32. The van der Waals surface area contributed by atoms with E-state index in [2.05, 4.69) is 5.32 Å². The quantitative estimate of drug-likeness (QED) is 0.866. The first-order chi connectivity index (χ1) is 11.2. The molecular formula is C18H22BNO3S. The first kappa shape index (κ1) is 17.2. The molecule has 1 aromatic heterocycles. The Balaban J connectivity index is 1.84. The monoisotopic (exact) mass is 343 g/mol. The minimum Gasteiger partial charge on any atom is -0.399 e. The van der Waals surface area contributed by atoms with Crippen molar-refractivity contribution in [2.24, 2.45) is 0 Å². The number of aryl methyl sites for hydroxylation is 1. The maximum absolute atomic E-state index is 12.2. The predicted molar refractivity (Wildman–Crippen MR) is 99.2 cm³/mol. The van der Waals surface area contributed by atoms with Crippen molar-refractivity contribution in [3.8, 4) is 0 Å². The molecule has 1 amide bonds. The molecule has 1 saturated heterocycles. The lowest BCUT2D eigenvalue weighted by Crippen LogP contribution is -2.41. The van der Waals surface area contributed by atoms with Crippen molar-refractivity contribution >= 4 is 35.5 Å². The van der Waals surface area contributed by atoms with Crippen molar-refractivity contribution in [1.82, 2.24) is 0 Å². The number of rotatable bonds is 3. The van der Waals surface area contributed by atoms with Crippen LogP contribution in [-0.2, 0) is 9.31 Å². The fourth-order valence-electron chi connectivity index (χ4n) is 2.54. The minimum atomic E-state index is -0.437. The largest absolute Gasteiger partial charge is 0.495 e. The van der Waals surface area contributed by atoms with Crippen LogP contribution >= 0.6 is 11.3 Å². The van der Waals surface area contributed by atoms with E-state index in [9.17, 15) is 4.79 Å². The summed E-state index contributed by atoms with van der Waals surface area (Å²) in [5.74, 6) is -0.111. The third-order valence-electron chi connectivity index (χ3n) is 4.83. The van der Waals surface area contributed by atoms with Gasteiger partial charge in [-0.05, 0) is 63.7 Å². The number of benzene rings is 1. The van der Waals surface area contributed by atoms with Gasteiger partial charge in [-0.25, -0.2) is 0 Å². The van der Waals surface area contributed by atoms with E-state index in [1.165, 1.54) is 11.3 Å². The van der Waals surface area contributed by atoms with E-state index in [0.29, 0.717) is 5.56 Å². The SMILES string of the molecule is Cc1ccc(NC(=O)c2ccsc2)cc1B1OC(C)(C)C(C)(C)O1. The second-order valence-corrected chi connectivity index (χ2v) is 7.91. The van der Waals surface area contributed by atoms with Crippen LogP contribution in [0.1, 0.15) is 43.6 Å². The van der Waals surface area contributed by atoms with Crippen molar-refractivity contribution in [2.75, 3.05) is 5.32 Å². The Bertz CT molecular complexity index is 740. The molecule has 1 aliphatic rings. The molecule has 1 aliphatic heterocycles. The zero-order chi connectivity index (χ0) is 17.5. The van der Waals surface area contributed by atoms with Crippen LogP contribution in [0.15, 0.2) is 35.0 Å². The van der Waals surface area contributed by atoms with Crippen molar-refractivity contribution in [3.05, 3.63) is 46.2 Å². The molecule has 0 radical (unpaired) electrons. The molecule has 1 aromatic carbocycles. The highest BCUT2D eigenvalue weighted by Gasteiger charge is 2.52. The van der Waals surface area contributed by atoms with Gasteiger partial charge in [0.05, 0.1) is 16.8 Å². The molecule has 0 aliphatic carbocycles.